The first-order valence-corrected chi connectivity index (χ1v) is 11.5. The van der Waals surface area contributed by atoms with Crippen LogP contribution in [-0.2, 0) is 0 Å². The summed E-state index contributed by atoms with van der Waals surface area (Å²) in [6.45, 7) is 6.61. The highest BCUT2D eigenvalue weighted by Crippen LogP contribution is 2.44. The zero-order valence-corrected chi connectivity index (χ0v) is 16.9. The maximum Gasteiger partial charge on any atom is -0.0156 e. The molecule has 26 heavy (non-hydrogen) atoms. The van der Waals surface area contributed by atoms with Gasteiger partial charge in [-0.2, -0.15) is 0 Å². The zero-order valence-electron chi connectivity index (χ0n) is 16.9. The molecule has 0 amide bonds. The summed E-state index contributed by atoms with van der Waals surface area (Å²) in [6, 6.07) is 9.82. The van der Waals surface area contributed by atoms with E-state index in [2.05, 4.69) is 37.8 Å². The highest BCUT2D eigenvalue weighted by molar-refractivity contribution is 5.29. The molecule has 0 N–H and O–H groups in total. The molecule has 1 aromatic carbocycles. The Hall–Kier alpha value is -1.04. The van der Waals surface area contributed by atoms with Gasteiger partial charge in [-0.25, -0.2) is 0 Å². The fourth-order valence-corrected chi connectivity index (χ4v) is 6.08. The van der Waals surface area contributed by atoms with Gasteiger partial charge in [-0.15, -0.1) is 0 Å². The molecule has 0 heteroatoms. The molecule has 3 aliphatic rings. The van der Waals surface area contributed by atoms with Crippen molar-refractivity contribution in [3.63, 3.8) is 0 Å². The summed E-state index contributed by atoms with van der Waals surface area (Å²) >= 11 is 0. The summed E-state index contributed by atoms with van der Waals surface area (Å²) < 4.78 is 0. The van der Waals surface area contributed by atoms with Crippen LogP contribution in [0, 0.1) is 17.8 Å². The number of benzene rings is 1. The van der Waals surface area contributed by atoms with E-state index < -0.39 is 0 Å². The molecular formula is C26H38. The monoisotopic (exact) mass is 350 g/mol. The largest absolute Gasteiger partial charge is 0.0999 e. The molecule has 3 saturated carbocycles. The van der Waals surface area contributed by atoms with Crippen LogP contribution in [0.25, 0.3) is 0 Å². The summed E-state index contributed by atoms with van der Waals surface area (Å²) in [5.74, 6) is 4.68. The molecule has 0 unspecified atom stereocenters. The van der Waals surface area contributed by atoms with Crippen molar-refractivity contribution in [1.29, 1.82) is 0 Å². The molecule has 0 spiro atoms. The number of allylic oxidation sites excluding steroid dienone is 1. The molecule has 3 fully saturated rings. The molecule has 142 valence electrons. The third kappa shape index (κ3) is 4.26. The minimum Gasteiger partial charge on any atom is -0.0999 e. The predicted molar refractivity (Wildman–Crippen MR) is 113 cm³/mol. The number of hydrogen-bond acceptors (Lipinski definition) is 0. The van der Waals surface area contributed by atoms with E-state index in [0.29, 0.717) is 0 Å². The van der Waals surface area contributed by atoms with E-state index in [9.17, 15) is 0 Å². The fraction of sp³-hybridized carbons (Fsp3) is 0.692. The Morgan fingerprint density at radius 3 is 1.54 bits per heavy atom. The van der Waals surface area contributed by atoms with Gasteiger partial charge in [0.05, 0.1) is 0 Å². The molecule has 0 aromatic heterocycles. The van der Waals surface area contributed by atoms with Crippen LogP contribution in [0.3, 0.4) is 0 Å². The van der Waals surface area contributed by atoms with Crippen LogP contribution in [0.15, 0.2) is 36.4 Å². The highest BCUT2D eigenvalue weighted by atomic mass is 14.4. The Bertz CT molecular complexity index is 569. The standard InChI is InChI=1S/C26H38/c1-19-3-7-21(8-4-19)23-11-15-25(16-12-23)26-17-13-24(14-18-26)22-9-5-20(2)6-10-22/h11-12,15-16,20-22,24,26H,1,3-10,13-14,17-18H2,2H3. The van der Waals surface area contributed by atoms with Gasteiger partial charge in [0.1, 0.15) is 0 Å². The summed E-state index contributed by atoms with van der Waals surface area (Å²) in [6.07, 6.45) is 16.9. The normalized spacial score (nSPS) is 34.0. The van der Waals surface area contributed by atoms with Crippen LogP contribution in [0.4, 0.5) is 0 Å². The van der Waals surface area contributed by atoms with Gasteiger partial charge in [-0.05, 0) is 105 Å². The molecule has 3 aliphatic carbocycles. The van der Waals surface area contributed by atoms with Crippen molar-refractivity contribution in [2.75, 3.05) is 0 Å². The van der Waals surface area contributed by atoms with Crippen molar-refractivity contribution in [3.05, 3.63) is 47.5 Å². The lowest BCUT2D eigenvalue weighted by Crippen LogP contribution is -2.24. The smallest absolute Gasteiger partial charge is 0.0156 e. The van der Waals surface area contributed by atoms with E-state index >= 15 is 0 Å². The van der Waals surface area contributed by atoms with Gasteiger partial charge in [0.25, 0.3) is 0 Å². The SMILES string of the molecule is C=C1CCC(c2ccc(C3CCC(C4CCC(C)CC4)CC3)cc2)CC1. The average molecular weight is 351 g/mol. The van der Waals surface area contributed by atoms with Crippen molar-refractivity contribution in [3.8, 4) is 0 Å². The molecule has 4 rings (SSSR count). The maximum absolute atomic E-state index is 4.16. The third-order valence-corrected chi connectivity index (χ3v) is 8.07. The van der Waals surface area contributed by atoms with E-state index in [4.69, 9.17) is 0 Å². The second kappa shape index (κ2) is 8.32. The van der Waals surface area contributed by atoms with Crippen molar-refractivity contribution >= 4 is 0 Å². The first kappa shape index (κ1) is 18.3. The number of rotatable bonds is 3. The predicted octanol–water partition coefficient (Wildman–Crippen LogP) is 8.00. The minimum absolute atomic E-state index is 0.777. The molecule has 0 bridgehead atoms. The van der Waals surface area contributed by atoms with Crippen molar-refractivity contribution < 1.29 is 0 Å². The molecule has 0 nitrogen and oxygen atoms in total. The van der Waals surface area contributed by atoms with Crippen LogP contribution in [0.5, 0.6) is 0 Å². The lowest BCUT2D eigenvalue weighted by molar-refractivity contribution is 0.165. The molecule has 1 aromatic rings. The average Bonchev–Trinajstić information content (AvgIpc) is 2.70. The van der Waals surface area contributed by atoms with Gasteiger partial charge < -0.3 is 0 Å². The summed E-state index contributed by atoms with van der Waals surface area (Å²) in [7, 11) is 0. The minimum atomic E-state index is 0.777. The van der Waals surface area contributed by atoms with Crippen LogP contribution >= 0.6 is 0 Å². The number of hydrogen-bond donors (Lipinski definition) is 0. The Labute approximate surface area is 161 Å². The summed E-state index contributed by atoms with van der Waals surface area (Å²) in [5.41, 5.74) is 4.65. The Morgan fingerprint density at radius 2 is 1.04 bits per heavy atom. The molecule has 0 aliphatic heterocycles. The van der Waals surface area contributed by atoms with Crippen LogP contribution in [0.2, 0.25) is 0 Å². The van der Waals surface area contributed by atoms with Gasteiger partial charge in [0.15, 0.2) is 0 Å². The van der Waals surface area contributed by atoms with Gasteiger partial charge in [-0.3, -0.25) is 0 Å². The summed E-state index contributed by atoms with van der Waals surface area (Å²) in [4.78, 5) is 0. The molecule has 0 atom stereocenters. The Kier molecular flexibility index (Phi) is 5.87. The van der Waals surface area contributed by atoms with Gasteiger partial charge in [0.2, 0.25) is 0 Å². The second-order valence-corrected chi connectivity index (χ2v) is 9.82. The van der Waals surface area contributed by atoms with Crippen molar-refractivity contribution in [2.45, 2.75) is 95.8 Å². The quantitative estimate of drug-likeness (QED) is 0.484. The first-order chi connectivity index (χ1) is 12.7. The van der Waals surface area contributed by atoms with E-state index in [1.54, 1.807) is 11.1 Å². The highest BCUT2D eigenvalue weighted by Gasteiger charge is 2.30. The van der Waals surface area contributed by atoms with Gasteiger partial charge in [0, 0.05) is 0 Å². The molecule has 0 saturated heterocycles. The van der Waals surface area contributed by atoms with E-state index in [-0.39, 0.29) is 0 Å². The van der Waals surface area contributed by atoms with E-state index in [1.807, 2.05) is 0 Å². The van der Waals surface area contributed by atoms with Crippen LogP contribution in [-0.4, -0.2) is 0 Å². The topological polar surface area (TPSA) is 0 Å². The van der Waals surface area contributed by atoms with E-state index in [0.717, 1.165) is 29.6 Å². The van der Waals surface area contributed by atoms with Crippen LogP contribution < -0.4 is 0 Å². The van der Waals surface area contributed by atoms with Crippen LogP contribution in [0.1, 0.15) is 107 Å². The second-order valence-electron chi connectivity index (χ2n) is 9.82. The van der Waals surface area contributed by atoms with E-state index in [1.165, 1.54) is 82.6 Å². The molecular weight excluding hydrogens is 312 g/mol. The van der Waals surface area contributed by atoms with Gasteiger partial charge in [-0.1, -0.05) is 56.2 Å². The summed E-state index contributed by atoms with van der Waals surface area (Å²) in [5, 5.41) is 0. The Morgan fingerprint density at radius 1 is 0.615 bits per heavy atom. The molecule has 0 heterocycles. The lowest BCUT2D eigenvalue weighted by atomic mass is 9.68. The van der Waals surface area contributed by atoms with Crippen molar-refractivity contribution in [1.82, 2.24) is 0 Å². The van der Waals surface area contributed by atoms with Gasteiger partial charge >= 0.3 is 0 Å². The lowest BCUT2D eigenvalue weighted by Gasteiger charge is -2.37. The maximum atomic E-state index is 4.16. The zero-order chi connectivity index (χ0) is 17.9. The fourth-order valence-electron chi connectivity index (χ4n) is 6.08. The molecule has 0 radical (unpaired) electrons. The Balaban J connectivity index is 1.29. The third-order valence-electron chi connectivity index (χ3n) is 8.07. The first-order valence-electron chi connectivity index (χ1n) is 11.5. The van der Waals surface area contributed by atoms with Crippen molar-refractivity contribution in [2.24, 2.45) is 17.8 Å².